The van der Waals surface area contributed by atoms with Crippen LogP contribution in [0.25, 0.3) is 0 Å². The molecular formula is C20H26N4O2. The topological polar surface area (TPSA) is 67.3 Å². The van der Waals surface area contributed by atoms with Gasteiger partial charge in [-0.05, 0) is 50.6 Å². The van der Waals surface area contributed by atoms with Crippen LogP contribution in [0.3, 0.4) is 0 Å². The van der Waals surface area contributed by atoms with Gasteiger partial charge in [-0.25, -0.2) is 0 Å². The molecule has 0 bridgehead atoms. The predicted octanol–water partition coefficient (Wildman–Crippen LogP) is 2.75. The van der Waals surface area contributed by atoms with Gasteiger partial charge < -0.3 is 10.1 Å². The predicted molar refractivity (Wildman–Crippen MR) is 100 cm³/mol. The van der Waals surface area contributed by atoms with Gasteiger partial charge in [-0.15, -0.1) is 0 Å². The minimum Gasteiger partial charge on any atom is -0.494 e. The molecule has 138 valence electrons. The molecule has 1 unspecified atom stereocenters. The van der Waals surface area contributed by atoms with Crippen LogP contribution in [0.15, 0.2) is 36.8 Å². The number of hydrogen-bond acceptors (Lipinski definition) is 5. The third kappa shape index (κ3) is 4.38. The molecule has 2 aromatic rings. The third-order valence-electron chi connectivity index (χ3n) is 4.83. The lowest BCUT2D eigenvalue weighted by atomic mass is 10.0. The first-order valence-corrected chi connectivity index (χ1v) is 9.12. The minimum absolute atomic E-state index is 0.127. The Hall–Kier alpha value is -2.47. The maximum absolute atomic E-state index is 12.7. The summed E-state index contributed by atoms with van der Waals surface area (Å²) in [6.45, 7) is 4.50. The Morgan fingerprint density at radius 1 is 1.31 bits per heavy atom. The van der Waals surface area contributed by atoms with Crippen LogP contribution in [0.2, 0.25) is 0 Å². The van der Waals surface area contributed by atoms with Crippen molar-refractivity contribution in [2.75, 3.05) is 26.7 Å². The number of carbonyl (C=O) groups excluding carboxylic acids is 1. The Balaban J connectivity index is 1.75. The van der Waals surface area contributed by atoms with E-state index in [0.717, 1.165) is 24.3 Å². The van der Waals surface area contributed by atoms with Gasteiger partial charge in [0.15, 0.2) is 0 Å². The fraction of sp³-hybridized carbons (Fsp3) is 0.450. The second kappa shape index (κ2) is 8.76. The summed E-state index contributed by atoms with van der Waals surface area (Å²) in [4.78, 5) is 23.6. The van der Waals surface area contributed by atoms with Crippen molar-refractivity contribution in [2.45, 2.75) is 32.2 Å². The van der Waals surface area contributed by atoms with Crippen LogP contribution >= 0.6 is 0 Å². The van der Waals surface area contributed by atoms with Gasteiger partial charge in [0.2, 0.25) is 0 Å². The lowest BCUT2D eigenvalue weighted by Crippen LogP contribution is -2.40. The summed E-state index contributed by atoms with van der Waals surface area (Å²) >= 11 is 0. The molecule has 1 N–H and O–H groups in total. The highest BCUT2D eigenvalue weighted by Gasteiger charge is 2.24. The van der Waals surface area contributed by atoms with Crippen molar-refractivity contribution in [1.82, 2.24) is 20.2 Å². The fourth-order valence-corrected chi connectivity index (χ4v) is 3.43. The van der Waals surface area contributed by atoms with Gasteiger partial charge in [-0.2, -0.15) is 0 Å². The molecule has 2 aromatic heterocycles. The average molecular weight is 354 g/mol. The standard InChI is InChI=1S/C20H26N4O2/c1-15-11-17(19(26-2)14-22-15)20(25)23-13-18(16-7-6-8-21-12-16)24-9-4-3-5-10-24/h6-8,11-12,14,18H,3-5,9-10,13H2,1-2H3,(H,23,25). The van der Waals surface area contributed by atoms with Crippen molar-refractivity contribution in [3.8, 4) is 5.75 Å². The first kappa shape index (κ1) is 18.3. The van der Waals surface area contributed by atoms with Crippen LogP contribution in [0.1, 0.15) is 46.9 Å². The van der Waals surface area contributed by atoms with Gasteiger partial charge >= 0.3 is 0 Å². The van der Waals surface area contributed by atoms with E-state index in [0.29, 0.717) is 17.9 Å². The molecular weight excluding hydrogens is 328 g/mol. The summed E-state index contributed by atoms with van der Waals surface area (Å²) < 4.78 is 5.29. The van der Waals surface area contributed by atoms with E-state index in [1.807, 2.05) is 19.2 Å². The first-order valence-electron chi connectivity index (χ1n) is 9.12. The lowest BCUT2D eigenvalue weighted by Gasteiger charge is -2.34. The number of likely N-dealkylation sites (tertiary alicyclic amines) is 1. The van der Waals surface area contributed by atoms with Crippen molar-refractivity contribution < 1.29 is 9.53 Å². The number of nitrogens with one attached hydrogen (secondary N) is 1. The minimum atomic E-state index is -0.141. The fourth-order valence-electron chi connectivity index (χ4n) is 3.43. The van der Waals surface area contributed by atoms with Crippen LogP contribution in [-0.2, 0) is 0 Å². The molecule has 3 heterocycles. The molecule has 26 heavy (non-hydrogen) atoms. The van der Waals surface area contributed by atoms with Gasteiger partial charge in [0.25, 0.3) is 5.91 Å². The Morgan fingerprint density at radius 3 is 2.81 bits per heavy atom. The third-order valence-corrected chi connectivity index (χ3v) is 4.83. The first-order chi connectivity index (χ1) is 12.7. The monoisotopic (exact) mass is 354 g/mol. The number of aromatic nitrogens is 2. The molecule has 6 nitrogen and oxygen atoms in total. The molecule has 1 saturated heterocycles. The van der Waals surface area contributed by atoms with Gasteiger partial charge in [0, 0.05) is 24.6 Å². The number of rotatable bonds is 6. The maximum atomic E-state index is 12.7. The van der Waals surface area contributed by atoms with Crippen molar-refractivity contribution in [3.05, 3.63) is 53.6 Å². The van der Waals surface area contributed by atoms with Gasteiger partial charge in [-0.3, -0.25) is 19.7 Å². The highest BCUT2D eigenvalue weighted by atomic mass is 16.5. The van der Waals surface area contributed by atoms with Gasteiger partial charge in [0.05, 0.1) is 24.9 Å². The molecule has 3 rings (SSSR count). The smallest absolute Gasteiger partial charge is 0.255 e. The molecule has 0 aromatic carbocycles. The Bertz CT molecular complexity index is 730. The highest BCUT2D eigenvalue weighted by Crippen LogP contribution is 2.24. The Labute approximate surface area is 154 Å². The van der Waals surface area contributed by atoms with E-state index in [1.54, 1.807) is 25.6 Å². The van der Waals surface area contributed by atoms with Crippen LogP contribution in [0.5, 0.6) is 5.75 Å². The number of carbonyl (C=O) groups is 1. The van der Waals surface area contributed by atoms with E-state index in [-0.39, 0.29) is 11.9 Å². The van der Waals surface area contributed by atoms with E-state index in [2.05, 4.69) is 26.3 Å². The molecule has 0 spiro atoms. The molecule has 0 radical (unpaired) electrons. The van der Waals surface area contributed by atoms with Crippen LogP contribution in [0.4, 0.5) is 0 Å². The van der Waals surface area contributed by atoms with Crippen molar-refractivity contribution >= 4 is 5.91 Å². The second-order valence-electron chi connectivity index (χ2n) is 6.63. The number of ether oxygens (including phenoxy) is 1. The van der Waals surface area contributed by atoms with E-state index in [4.69, 9.17) is 4.74 Å². The SMILES string of the molecule is COc1cnc(C)cc1C(=O)NCC(c1cccnc1)N1CCCCC1. The zero-order valence-corrected chi connectivity index (χ0v) is 15.4. The van der Waals surface area contributed by atoms with Crippen molar-refractivity contribution in [1.29, 1.82) is 0 Å². The summed E-state index contributed by atoms with van der Waals surface area (Å²) in [7, 11) is 1.55. The summed E-state index contributed by atoms with van der Waals surface area (Å²) in [5.41, 5.74) is 2.44. The highest BCUT2D eigenvalue weighted by molar-refractivity contribution is 5.96. The molecule has 0 saturated carbocycles. The van der Waals surface area contributed by atoms with E-state index in [9.17, 15) is 4.79 Å². The summed E-state index contributed by atoms with van der Waals surface area (Å²) in [5, 5.41) is 3.08. The Morgan fingerprint density at radius 2 is 2.12 bits per heavy atom. The average Bonchev–Trinajstić information content (AvgIpc) is 2.69. The van der Waals surface area contributed by atoms with E-state index < -0.39 is 0 Å². The number of piperidine rings is 1. The number of nitrogens with zero attached hydrogens (tertiary/aromatic N) is 3. The number of hydrogen-bond donors (Lipinski definition) is 1. The van der Waals surface area contributed by atoms with Gasteiger partial charge in [0.1, 0.15) is 5.75 Å². The van der Waals surface area contributed by atoms with E-state index in [1.165, 1.54) is 19.3 Å². The van der Waals surface area contributed by atoms with Gasteiger partial charge in [-0.1, -0.05) is 12.5 Å². The molecule has 0 aliphatic carbocycles. The van der Waals surface area contributed by atoms with E-state index >= 15 is 0 Å². The summed E-state index contributed by atoms with van der Waals surface area (Å²) in [6, 6.07) is 5.91. The zero-order valence-electron chi connectivity index (χ0n) is 15.4. The van der Waals surface area contributed by atoms with Crippen LogP contribution < -0.4 is 10.1 Å². The van der Waals surface area contributed by atoms with Crippen LogP contribution in [-0.4, -0.2) is 47.5 Å². The number of methoxy groups -OCH3 is 1. The largest absolute Gasteiger partial charge is 0.494 e. The summed E-state index contributed by atoms with van der Waals surface area (Å²) in [6.07, 6.45) is 8.93. The Kier molecular flexibility index (Phi) is 6.17. The molecule has 1 fully saturated rings. The molecule has 1 aliphatic rings. The number of amides is 1. The maximum Gasteiger partial charge on any atom is 0.255 e. The molecule has 1 amide bonds. The number of aryl methyl sites for hydroxylation is 1. The quantitative estimate of drug-likeness (QED) is 0.864. The van der Waals surface area contributed by atoms with Crippen molar-refractivity contribution in [2.24, 2.45) is 0 Å². The normalized spacial score (nSPS) is 16.1. The molecule has 6 heteroatoms. The second-order valence-corrected chi connectivity index (χ2v) is 6.63. The number of pyridine rings is 2. The molecule has 1 atom stereocenters. The lowest BCUT2D eigenvalue weighted by molar-refractivity contribution is 0.0921. The zero-order chi connectivity index (χ0) is 18.4. The molecule has 1 aliphatic heterocycles. The van der Waals surface area contributed by atoms with Crippen LogP contribution in [0, 0.1) is 6.92 Å². The van der Waals surface area contributed by atoms with Crippen molar-refractivity contribution in [3.63, 3.8) is 0 Å². The summed E-state index contributed by atoms with van der Waals surface area (Å²) in [5.74, 6) is 0.349.